The van der Waals surface area contributed by atoms with Crippen LogP contribution in [0.2, 0.25) is 0 Å². The Labute approximate surface area is 61.6 Å². The lowest BCUT2D eigenvalue weighted by Crippen LogP contribution is -2.23. The molecule has 0 spiro atoms. The first-order chi connectivity index (χ1) is 4.70. The Morgan fingerprint density at radius 1 is 1.80 bits per heavy atom. The van der Waals surface area contributed by atoms with Crippen LogP contribution in [0.5, 0.6) is 0 Å². The van der Waals surface area contributed by atoms with Crippen LogP contribution in [0.25, 0.3) is 0 Å². The fourth-order valence-electron chi connectivity index (χ4n) is 1.37. The summed E-state index contributed by atoms with van der Waals surface area (Å²) in [4.78, 5) is 0. The molecular formula is C8H14N2. The van der Waals surface area contributed by atoms with Crippen LogP contribution in [0.15, 0.2) is 11.6 Å². The first kappa shape index (κ1) is 7.32. The molecule has 0 aromatic rings. The summed E-state index contributed by atoms with van der Waals surface area (Å²) in [6, 6.07) is 0. The molecule has 0 saturated heterocycles. The molecule has 0 aromatic heterocycles. The Hall–Kier alpha value is -0.790. The van der Waals surface area contributed by atoms with E-state index in [1.807, 2.05) is 0 Å². The van der Waals surface area contributed by atoms with Crippen LogP contribution < -0.4 is 5.73 Å². The predicted molar refractivity (Wildman–Crippen MR) is 43.0 cm³/mol. The number of hydrogen-bond acceptors (Lipinski definition) is 1. The molecule has 10 heavy (non-hydrogen) atoms. The minimum atomic E-state index is 0.324. The third kappa shape index (κ3) is 1.59. The van der Waals surface area contributed by atoms with Gasteiger partial charge in [-0.05, 0) is 26.2 Å². The molecule has 0 bridgehead atoms. The van der Waals surface area contributed by atoms with Gasteiger partial charge in [0.05, 0.1) is 5.84 Å². The predicted octanol–water partition coefficient (Wildman–Crippen LogP) is 1.67. The van der Waals surface area contributed by atoms with Gasteiger partial charge in [0.15, 0.2) is 0 Å². The van der Waals surface area contributed by atoms with Crippen molar-refractivity contribution in [3.8, 4) is 0 Å². The number of nitrogens with two attached hydrogens (primary N) is 1. The van der Waals surface area contributed by atoms with Crippen molar-refractivity contribution in [2.45, 2.75) is 26.2 Å². The molecule has 0 amide bonds. The molecule has 0 aliphatic heterocycles. The van der Waals surface area contributed by atoms with Crippen LogP contribution >= 0.6 is 0 Å². The Balaban J connectivity index is 2.53. The van der Waals surface area contributed by atoms with Gasteiger partial charge in [-0.3, -0.25) is 5.41 Å². The summed E-state index contributed by atoms with van der Waals surface area (Å²) in [6.07, 6.45) is 5.39. The summed E-state index contributed by atoms with van der Waals surface area (Å²) in [5, 5.41) is 7.23. The summed E-state index contributed by atoms with van der Waals surface area (Å²) in [5.41, 5.74) is 6.77. The van der Waals surface area contributed by atoms with E-state index in [4.69, 9.17) is 11.1 Å². The van der Waals surface area contributed by atoms with E-state index in [2.05, 4.69) is 13.0 Å². The fourth-order valence-corrected chi connectivity index (χ4v) is 1.37. The van der Waals surface area contributed by atoms with Gasteiger partial charge in [0, 0.05) is 5.92 Å². The minimum Gasteiger partial charge on any atom is -0.387 e. The third-order valence-corrected chi connectivity index (χ3v) is 2.02. The maximum Gasteiger partial charge on any atom is 0.0940 e. The first-order valence-electron chi connectivity index (χ1n) is 3.69. The van der Waals surface area contributed by atoms with E-state index < -0.39 is 0 Å². The molecule has 1 atom stereocenters. The van der Waals surface area contributed by atoms with Crippen molar-refractivity contribution in [1.29, 1.82) is 5.41 Å². The maximum absolute atomic E-state index is 7.23. The molecule has 0 aromatic carbocycles. The van der Waals surface area contributed by atoms with Crippen LogP contribution in [0.4, 0.5) is 0 Å². The van der Waals surface area contributed by atoms with E-state index in [-0.39, 0.29) is 0 Å². The molecule has 0 radical (unpaired) electrons. The number of nitrogens with one attached hydrogen (secondary N) is 1. The summed E-state index contributed by atoms with van der Waals surface area (Å²) in [6.45, 7) is 2.11. The topological polar surface area (TPSA) is 49.9 Å². The molecule has 0 fully saturated rings. The van der Waals surface area contributed by atoms with Gasteiger partial charge in [0.1, 0.15) is 0 Å². The Bertz CT molecular complexity index is 170. The van der Waals surface area contributed by atoms with E-state index in [0.29, 0.717) is 11.8 Å². The largest absolute Gasteiger partial charge is 0.387 e. The summed E-state index contributed by atoms with van der Waals surface area (Å²) in [5.74, 6) is 0.678. The van der Waals surface area contributed by atoms with E-state index in [9.17, 15) is 0 Å². The highest BCUT2D eigenvalue weighted by Crippen LogP contribution is 2.22. The van der Waals surface area contributed by atoms with Crippen molar-refractivity contribution in [2.75, 3.05) is 0 Å². The van der Waals surface area contributed by atoms with Crippen molar-refractivity contribution in [2.24, 2.45) is 11.7 Å². The molecule has 2 nitrogen and oxygen atoms in total. The maximum atomic E-state index is 7.23. The van der Waals surface area contributed by atoms with Crippen LogP contribution in [0.1, 0.15) is 26.2 Å². The molecule has 1 rings (SSSR count). The highest BCUT2D eigenvalue weighted by Gasteiger charge is 2.14. The molecule has 2 heteroatoms. The standard InChI is InChI=1S/C8H14N2/c1-6-3-2-4-7(5-6)8(9)10/h3,7H,2,4-5H2,1H3,(H3,9,10). The van der Waals surface area contributed by atoms with Gasteiger partial charge in [-0.1, -0.05) is 11.6 Å². The van der Waals surface area contributed by atoms with Crippen molar-refractivity contribution >= 4 is 5.84 Å². The lowest BCUT2D eigenvalue weighted by molar-refractivity contribution is 0.588. The Morgan fingerprint density at radius 3 is 2.90 bits per heavy atom. The number of hydrogen-bond donors (Lipinski definition) is 2. The zero-order valence-corrected chi connectivity index (χ0v) is 6.35. The monoisotopic (exact) mass is 138 g/mol. The smallest absolute Gasteiger partial charge is 0.0940 e. The zero-order chi connectivity index (χ0) is 7.56. The van der Waals surface area contributed by atoms with Crippen molar-refractivity contribution in [3.05, 3.63) is 11.6 Å². The summed E-state index contributed by atoms with van der Waals surface area (Å²) < 4.78 is 0. The SMILES string of the molecule is CC1=CCCC(C(=N)N)C1. The van der Waals surface area contributed by atoms with E-state index in [1.54, 1.807) is 0 Å². The zero-order valence-electron chi connectivity index (χ0n) is 6.35. The third-order valence-electron chi connectivity index (χ3n) is 2.02. The number of amidine groups is 1. The molecule has 0 saturated carbocycles. The lowest BCUT2D eigenvalue weighted by atomic mass is 9.89. The average molecular weight is 138 g/mol. The molecular weight excluding hydrogens is 124 g/mol. The summed E-state index contributed by atoms with van der Waals surface area (Å²) in [7, 11) is 0. The number of rotatable bonds is 1. The molecule has 3 N–H and O–H groups in total. The van der Waals surface area contributed by atoms with Gasteiger partial charge in [-0.25, -0.2) is 0 Å². The molecule has 1 aliphatic rings. The van der Waals surface area contributed by atoms with Gasteiger partial charge >= 0.3 is 0 Å². The van der Waals surface area contributed by atoms with Gasteiger partial charge in [-0.15, -0.1) is 0 Å². The van der Waals surface area contributed by atoms with Crippen LogP contribution in [-0.2, 0) is 0 Å². The normalized spacial score (nSPS) is 25.7. The fraction of sp³-hybridized carbons (Fsp3) is 0.625. The molecule has 56 valence electrons. The van der Waals surface area contributed by atoms with Crippen molar-refractivity contribution in [1.82, 2.24) is 0 Å². The van der Waals surface area contributed by atoms with Crippen LogP contribution in [-0.4, -0.2) is 5.84 Å². The van der Waals surface area contributed by atoms with Gasteiger partial charge in [0.25, 0.3) is 0 Å². The van der Waals surface area contributed by atoms with E-state index >= 15 is 0 Å². The molecule has 0 heterocycles. The molecule has 1 aliphatic carbocycles. The van der Waals surface area contributed by atoms with Gasteiger partial charge < -0.3 is 5.73 Å². The minimum absolute atomic E-state index is 0.324. The first-order valence-corrected chi connectivity index (χ1v) is 3.69. The van der Waals surface area contributed by atoms with E-state index in [1.165, 1.54) is 5.57 Å². The van der Waals surface area contributed by atoms with Crippen LogP contribution in [0.3, 0.4) is 0 Å². The lowest BCUT2D eigenvalue weighted by Gasteiger charge is -2.18. The molecule has 1 unspecified atom stereocenters. The highest BCUT2D eigenvalue weighted by molar-refractivity contribution is 5.80. The van der Waals surface area contributed by atoms with Crippen molar-refractivity contribution < 1.29 is 0 Å². The average Bonchev–Trinajstić information content (AvgIpc) is 1.88. The second kappa shape index (κ2) is 2.86. The number of allylic oxidation sites excluding steroid dienone is 2. The van der Waals surface area contributed by atoms with Gasteiger partial charge in [-0.2, -0.15) is 0 Å². The van der Waals surface area contributed by atoms with Crippen LogP contribution in [0, 0.1) is 11.3 Å². The van der Waals surface area contributed by atoms with Crippen molar-refractivity contribution in [3.63, 3.8) is 0 Å². The second-order valence-corrected chi connectivity index (χ2v) is 2.98. The quantitative estimate of drug-likeness (QED) is 0.323. The Morgan fingerprint density at radius 2 is 2.50 bits per heavy atom. The Kier molecular flexibility index (Phi) is 2.10. The highest BCUT2D eigenvalue weighted by atomic mass is 14.7. The second-order valence-electron chi connectivity index (χ2n) is 2.98. The summed E-state index contributed by atoms with van der Waals surface area (Å²) >= 11 is 0. The van der Waals surface area contributed by atoms with E-state index in [0.717, 1.165) is 19.3 Å². The van der Waals surface area contributed by atoms with Gasteiger partial charge in [0.2, 0.25) is 0 Å².